The van der Waals surface area contributed by atoms with E-state index >= 15 is 0 Å². The Kier molecular flexibility index (Phi) is 4.40. The summed E-state index contributed by atoms with van der Waals surface area (Å²) in [6, 6.07) is 10.8. The lowest BCUT2D eigenvalue weighted by atomic mass is 10.2. The van der Waals surface area contributed by atoms with Crippen molar-refractivity contribution in [1.29, 1.82) is 5.26 Å². The normalized spacial score (nSPS) is 10.4. The molecule has 0 radical (unpaired) electrons. The number of nitrogens with zero attached hydrogens (tertiary/aromatic N) is 4. The number of halogens is 1. The van der Waals surface area contributed by atoms with Crippen molar-refractivity contribution in [2.24, 2.45) is 0 Å². The summed E-state index contributed by atoms with van der Waals surface area (Å²) in [5.74, 6) is -0.0381. The van der Waals surface area contributed by atoms with Gasteiger partial charge in [0.15, 0.2) is 0 Å². The maximum Gasteiger partial charge on any atom is 0.277 e. The van der Waals surface area contributed by atoms with Crippen molar-refractivity contribution in [2.45, 2.75) is 5.03 Å². The van der Waals surface area contributed by atoms with Crippen molar-refractivity contribution in [3.63, 3.8) is 0 Å². The molecule has 1 aromatic carbocycles. The van der Waals surface area contributed by atoms with E-state index in [4.69, 9.17) is 0 Å². The Hall–Kier alpha value is -2.98. The number of aromatic nitrogens is 3. The van der Waals surface area contributed by atoms with Gasteiger partial charge in [-0.2, -0.15) is 5.26 Å². The first-order valence-electron chi connectivity index (χ1n) is 6.93. The molecule has 5 nitrogen and oxygen atoms in total. The molecule has 0 bridgehead atoms. The van der Waals surface area contributed by atoms with Gasteiger partial charge in [0.25, 0.3) is 5.56 Å². The van der Waals surface area contributed by atoms with Crippen LogP contribution in [0.5, 0.6) is 0 Å². The second-order valence-corrected chi connectivity index (χ2v) is 5.58. The molecular formula is C17H11FN4OS. The molecule has 0 aliphatic heterocycles. The number of nitriles is 1. The van der Waals surface area contributed by atoms with Gasteiger partial charge >= 0.3 is 0 Å². The monoisotopic (exact) mass is 338 g/mol. The van der Waals surface area contributed by atoms with Crippen LogP contribution >= 0.6 is 11.8 Å². The fourth-order valence-electron chi connectivity index (χ4n) is 2.27. The highest BCUT2D eigenvalue weighted by molar-refractivity contribution is 7.98. The summed E-state index contributed by atoms with van der Waals surface area (Å²) >= 11 is 1.23. The molecule has 7 heteroatoms. The van der Waals surface area contributed by atoms with E-state index in [1.807, 2.05) is 6.07 Å². The molecule has 3 aromatic rings. The molecule has 0 atom stereocenters. The summed E-state index contributed by atoms with van der Waals surface area (Å²) in [6.45, 7) is 0. The number of benzene rings is 1. The highest BCUT2D eigenvalue weighted by Crippen LogP contribution is 2.23. The van der Waals surface area contributed by atoms with Crippen LogP contribution < -0.4 is 5.56 Å². The largest absolute Gasteiger partial charge is 0.277 e. The van der Waals surface area contributed by atoms with Gasteiger partial charge in [-0.3, -0.25) is 14.3 Å². The zero-order valence-electron chi connectivity index (χ0n) is 12.6. The van der Waals surface area contributed by atoms with E-state index in [2.05, 4.69) is 9.97 Å². The molecule has 118 valence electrons. The van der Waals surface area contributed by atoms with Crippen LogP contribution in [0.3, 0.4) is 0 Å². The maximum atomic E-state index is 13.2. The van der Waals surface area contributed by atoms with Gasteiger partial charge in [-0.05, 0) is 42.7 Å². The van der Waals surface area contributed by atoms with Crippen LogP contribution in [0.2, 0.25) is 0 Å². The first-order chi connectivity index (χ1) is 11.7. The van der Waals surface area contributed by atoms with Crippen LogP contribution in [0.25, 0.3) is 17.1 Å². The van der Waals surface area contributed by atoms with E-state index in [0.29, 0.717) is 22.1 Å². The van der Waals surface area contributed by atoms with Gasteiger partial charge in [0.1, 0.15) is 28.3 Å². The smallest absolute Gasteiger partial charge is 0.267 e. The second kappa shape index (κ2) is 6.64. The lowest BCUT2D eigenvalue weighted by molar-refractivity contribution is 0.627. The van der Waals surface area contributed by atoms with Gasteiger partial charge in [0.2, 0.25) is 0 Å². The fraction of sp³-hybridized carbons (Fsp3) is 0.0588. The number of thioether (sulfide) groups is 1. The van der Waals surface area contributed by atoms with Crippen molar-refractivity contribution in [2.75, 3.05) is 6.26 Å². The average molecular weight is 338 g/mol. The zero-order chi connectivity index (χ0) is 17.1. The van der Waals surface area contributed by atoms with Gasteiger partial charge in [0, 0.05) is 18.0 Å². The van der Waals surface area contributed by atoms with Crippen LogP contribution in [0.15, 0.2) is 58.6 Å². The number of pyridine rings is 1. The van der Waals surface area contributed by atoms with Gasteiger partial charge < -0.3 is 0 Å². The number of hydrogen-bond donors (Lipinski definition) is 0. The van der Waals surface area contributed by atoms with E-state index in [-0.39, 0.29) is 5.56 Å². The molecule has 0 spiro atoms. The second-order valence-electron chi connectivity index (χ2n) is 4.78. The van der Waals surface area contributed by atoms with Crippen LogP contribution in [0, 0.1) is 17.1 Å². The minimum absolute atomic E-state index is 0.0374. The predicted octanol–water partition coefficient (Wildman–Crippen LogP) is 3.03. The van der Waals surface area contributed by atoms with Crippen LogP contribution in [-0.2, 0) is 0 Å². The Morgan fingerprint density at radius 2 is 1.83 bits per heavy atom. The quantitative estimate of drug-likeness (QED) is 0.542. The third-order valence-electron chi connectivity index (χ3n) is 3.38. The fourth-order valence-corrected chi connectivity index (χ4v) is 2.78. The molecular weight excluding hydrogens is 327 g/mol. The lowest BCUT2D eigenvalue weighted by Crippen LogP contribution is -2.25. The summed E-state index contributed by atoms with van der Waals surface area (Å²) in [5, 5.41) is 9.67. The standard InChI is InChI=1S/C17H11FN4OS/c1-24-16-14(10-19)17(23)22(13-4-2-12(18)3-5-13)15(21-16)11-6-8-20-9-7-11/h2-9H,1H3. The molecule has 3 rings (SSSR count). The Bertz CT molecular complexity index is 978. The Morgan fingerprint density at radius 1 is 1.17 bits per heavy atom. The molecule has 0 amide bonds. The number of rotatable bonds is 3. The summed E-state index contributed by atoms with van der Waals surface area (Å²) in [6.07, 6.45) is 4.93. The first kappa shape index (κ1) is 15.9. The van der Waals surface area contributed by atoms with Crippen LogP contribution in [0.1, 0.15) is 5.56 Å². The van der Waals surface area contributed by atoms with E-state index < -0.39 is 11.4 Å². The van der Waals surface area contributed by atoms with Crippen molar-refractivity contribution in [3.8, 4) is 23.1 Å². The predicted molar refractivity (Wildman–Crippen MR) is 89.5 cm³/mol. The highest BCUT2D eigenvalue weighted by atomic mass is 32.2. The molecule has 0 unspecified atom stereocenters. The summed E-state index contributed by atoms with van der Waals surface area (Å²) in [5.41, 5.74) is 0.580. The topological polar surface area (TPSA) is 71.6 Å². The molecule has 24 heavy (non-hydrogen) atoms. The third kappa shape index (κ3) is 2.79. The number of hydrogen-bond acceptors (Lipinski definition) is 5. The highest BCUT2D eigenvalue weighted by Gasteiger charge is 2.18. The molecule has 0 N–H and O–H groups in total. The van der Waals surface area contributed by atoms with E-state index in [9.17, 15) is 14.4 Å². The lowest BCUT2D eigenvalue weighted by Gasteiger charge is -2.14. The van der Waals surface area contributed by atoms with Crippen molar-refractivity contribution >= 4 is 11.8 Å². The van der Waals surface area contributed by atoms with Gasteiger partial charge in [-0.15, -0.1) is 11.8 Å². The van der Waals surface area contributed by atoms with Gasteiger partial charge in [-0.1, -0.05) is 0 Å². The average Bonchev–Trinajstić information content (AvgIpc) is 2.62. The SMILES string of the molecule is CSc1nc(-c2ccncc2)n(-c2ccc(F)cc2)c(=O)c1C#N. The first-order valence-corrected chi connectivity index (χ1v) is 8.15. The van der Waals surface area contributed by atoms with Crippen LogP contribution in [-0.4, -0.2) is 20.8 Å². The summed E-state index contributed by atoms with van der Waals surface area (Å²) in [4.78, 5) is 21.3. The van der Waals surface area contributed by atoms with Crippen molar-refractivity contribution < 1.29 is 4.39 Å². The summed E-state index contributed by atoms with van der Waals surface area (Å²) < 4.78 is 14.5. The molecule has 0 saturated carbocycles. The third-order valence-corrected chi connectivity index (χ3v) is 4.06. The van der Waals surface area contributed by atoms with Crippen molar-refractivity contribution in [1.82, 2.24) is 14.5 Å². The minimum Gasteiger partial charge on any atom is -0.267 e. The minimum atomic E-state index is -0.490. The molecule has 0 aliphatic rings. The van der Waals surface area contributed by atoms with Gasteiger partial charge in [0.05, 0.1) is 5.69 Å². The molecule has 0 fully saturated rings. The molecule has 0 saturated heterocycles. The Balaban J connectivity index is 2.39. The Morgan fingerprint density at radius 3 is 2.42 bits per heavy atom. The van der Waals surface area contributed by atoms with E-state index in [1.54, 1.807) is 30.8 Å². The van der Waals surface area contributed by atoms with Crippen molar-refractivity contribution in [3.05, 3.63) is 70.5 Å². The summed E-state index contributed by atoms with van der Waals surface area (Å²) in [7, 11) is 0. The van der Waals surface area contributed by atoms with Gasteiger partial charge in [-0.25, -0.2) is 9.37 Å². The Labute approximate surface area is 141 Å². The van der Waals surface area contributed by atoms with E-state index in [0.717, 1.165) is 0 Å². The molecule has 0 aliphatic carbocycles. The van der Waals surface area contributed by atoms with Crippen LogP contribution in [0.4, 0.5) is 4.39 Å². The maximum absolute atomic E-state index is 13.2. The molecule has 2 heterocycles. The van der Waals surface area contributed by atoms with E-state index in [1.165, 1.54) is 40.6 Å². The molecule has 2 aromatic heterocycles. The zero-order valence-corrected chi connectivity index (χ0v) is 13.4.